The van der Waals surface area contributed by atoms with E-state index in [1.54, 1.807) is 13.3 Å². The molecule has 0 saturated carbocycles. The number of carbonyl (C=O) groups is 1. The molecule has 4 heteroatoms. The molecule has 0 aliphatic carbocycles. The minimum Gasteiger partial charge on any atom is -0.467 e. The summed E-state index contributed by atoms with van der Waals surface area (Å²) < 4.78 is 5.42. The second kappa shape index (κ2) is 6.02. The van der Waals surface area contributed by atoms with Crippen molar-refractivity contribution in [2.45, 2.75) is 6.04 Å². The van der Waals surface area contributed by atoms with E-state index in [1.807, 2.05) is 42.5 Å². The quantitative estimate of drug-likeness (QED) is 0.841. The highest BCUT2D eigenvalue weighted by Crippen LogP contribution is 2.21. The molecule has 2 rings (SSSR count). The van der Waals surface area contributed by atoms with Gasteiger partial charge in [-0.05, 0) is 17.7 Å². The number of furan rings is 1. The number of carbonyl (C=O) groups excluding carboxylic acids is 1. The van der Waals surface area contributed by atoms with Crippen molar-refractivity contribution in [3.63, 3.8) is 0 Å². The average Bonchev–Trinajstić information content (AvgIpc) is 2.94. The molecular formula is C14H16N2O2. The third-order valence-electron chi connectivity index (χ3n) is 2.71. The third kappa shape index (κ3) is 2.99. The topological polar surface area (TPSA) is 54.3 Å². The summed E-state index contributed by atoms with van der Waals surface area (Å²) in [4.78, 5) is 11.3. The zero-order valence-electron chi connectivity index (χ0n) is 10.2. The molecule has 0 aliphatic rings. The Balaban J connectivity index is 2.16. The van der Waals surface area contributed by atoms with Crippen LogP contribution in [0.3, 0.4) is 0 Å². The van der Waals surface area contributed by atoms with E-state index in [0.717, 1.165) is 11.3 Å². The standard InChI is InChI=1S/C14H16N2O2/c1-15-13(17)10-16-14(12-8-5-9-18-12)11-6-3-2-4-7-11/h2-9,14,16H,10H2,1H3,(H,15,17). The van der Waals surface area contributed by atoms with Crippen LogP contribution in [0, 0.1) is 0 Å². The largest absolute Gasteiger partial charge is 0.467 e. The molecule has 0 radical (unpaired) electrons. The monoisotopic (exact) mass is 244 g/mol. The van der Waals surface area contributed by atoms with E-state index in [-0.39, 0.29) is 18.5 Å². The van der Waals surface area contributed by atoms with Crippen molar-refractivity contribution < 1.29 is 9.21 Å². The van der Waals surface area contributed by atoms with Crippen LogP contribution in [0.15, 0.2) is 53.1 Å². The predicted molar refractivity (Wildman–Crippen MR) is 69.1 cm³/mol. The minimum absolute atomic E-state index is 0.0533. The van der Waals surface area contributed by atoms with Gasteiger partial charge in [0.05, 0.1) is 18.8 Å². The molecule has 1 aromatic heterocycles. The van der Waals surface area contributed by atoms with Gasteiger partial charge in [0, 0.05) is 7.05 Å². The fourth-order valence-electron chi connectivity index (χ4n) is 1.77. The molecule has 1 atom stereocenters. The second-order valence-corrected chi connectivity index (χ2v) is 3.91. The van der Waals surface area contributed by atoms with E-state index >= 15 is 0 Å². The van der Waals surface area contributed by atoms with Crippen molar-refractivity contribution in [2.75, 3.05) is 13.6 Å². The first kappa shape index (κ1) is 12.4. The molecule has 4 nitrogen and oxygen atoms in total. The summed E-state index contributed by atoms with van der Waals surface area (Å²) in [6.45, 7) is 0.247. The molecule has 18 heavy (non-hydrogen) atoms. The maximum Gasteiger partial charge on any atom is 0.233 e. The summed E-state index contributed by atoms with van der Waals surface area (Å²) in [6, 6.07) is 13.5. The van der Waals surface area contributed by atoms with Crippen LogP contribution < -0.4 is 10.6 Å². The number of hydrogen-bond acceptors (Lipinski definition) is 3. The smallest absolute Gasteiger partial charge is 0.233 e. The number of benzene rings is 1. The van der Waals surface area contributed by atoms with E-state index in [1.165, 1.54) is 0 Å². The Kier molecular flexibility index (Phi) is 4.15. The van der Waals surface area contributed by atoms with Crippen LogP contribution in [0.5, 0.6) is 0 Å². The summed E-state index contributed by atoms with van der Waals surface area (Å²) in [6.07, 6.45) is 1.63. The van der Waals surface area contributed by atoms with Crippen LogP contribution in [0.25, 0.3) is 0 Å². The molecule has 2 N–H and O–H groups in total. The first-order valence-corrected chi connectivity index (χ1v) is 5.83. The Labute approximate surface area is 106 Å². The molecule has 1 unspecified atom stereocenters. The van der Waals surface area contributed by atoms with Gasteiger partial charge >= 0.3 is 0 Å². The number of amides is 1. The molecule has 0 spiro atoms. The maximum atomic E-state index is 11.3. The van der Waals surface area contributed by atoms with Gasteiger partial charge < -0.3 is 9.73 Å². The van der Waals surface area contributed by atoms with Crippen molar-refractivity contribution in [3.05, 3.63) is 60.1 Å². The highest BCUT2D eigenvalue weighted by Gasteiger charge is 2.16. The van der Waals surface area contributed by atoms with Gasteiger partial charge in [-0.3, -0.25) is 10.1 Å². The molecule has 0 saturated heterocycles. The molecule has 0 aliphatic heterocycles. The van der Waals surface area contributed by atoms with Crippen LogP contribution in [0.1, 0.15) is 17.4 Å². The van der Waals surface area contributed by atoms with Gasteiger partial charge in [0.1, 0.15) is 5.76 Å². The summed E-state index contributed by atoms with van der Waals surface area (Å²) >= 11 is 0. The van der Waals surface area contributed by atoms with Crippen LogP contribution in [0.4, 0.5) is 0 Å². The first-order valence-electron chi connectivity index (χ1n) is 5.83. The fourth-order valence-corrected chi connectivity index (χ4v) is 1.77. The van der Waals surface area contributed by atoms with Gasteiger partial charge in [0.2, 0.25) is 5.91 Å². The van der Waals surface area contributed by atoms with E-state index < -0.39 is 0 Å². The Morgan fingerprint density at radius 3 is 2.61 bits per heavy atom. The van der Waals surface area contributed by atoms with Gasteiger partial charge in [-0.1, -0.05) is 30.3 Å². The first-order chi connectivity index (χ1) is 8.81. The SMILES string of the molecule is CNC(=O)CNC(c1ccccc1)c1ccco1. The molecule has 2 aromatic rings. The molecule has 0 bridgehead atoms. The molecule has 1 aromatic carbocycles. The van der Waals surface area contributed by atoms with Crippen molar-refractivity contribution in [3.8, 4) is 0 Å². The summed E-state index contributed by atoms with van der Waals surface area (Å²) in [5.74, 6) is 0.743. The lowest BCUT2D eigenvalue weighted by Crippen LogP contribution is -2.34. The zero-order chi connectivity index (χ0) is 12.8. The van der Waals surface area contributed by atoms with Gasteiger partial charge in [-0.15, -0.1) is 0 Å². The Bertz CT molecular complexity index is 480. The lowest BCUT2D eigenvalue weighted by atomic mass is 10.0. The second-order valence-electron chi connectivity index (χ2n) is 3.91. The van der Waals surface area contributed by atoms with Crippen molar-refractivity contribution in [1.29, 1.82) is 0 Å². The van der Waals surface area contributed by atoms with Crippen LogP contribution in [-0.4, -0.2) is 19.5 Å². The van der Waals surface area contributed by atoms with Gasteiger partial charge in [0.25, 0.3) is 0 Å². The zero-order valence-corrected chi connectivity index (χ0v) is 10.2. The van der Waals surface area contributed by atoms with Crippen LogP contribution >= 0.6 is 0 Å². The normalized spacial score (nSPS) is 12.1. The number of nitrogens with one attached hydrogen (secondary N) is 2. The predicted octanol–water partition coefficient (Wildman–Crippen LogP) is 1.70. The van der Waals surface area contributed by atoms with Crippen molar-refractivity contribution in [1.82, 2.24) is 10.6 Å². The lowest BCUT2D eigenvalue weighted by Gasteiger charge is -2.16. The van der Waals surface area contributed by atoms with Crippen molar-refractivity contribution in [2.24, 2.45) is 0 Å². The average molecular weight is 244 g/mol. The molecule has 94 valence electrons. The molecule has 1 amide bonds. The Morgan fingerprint density at radius 1 is 1.22 bits per heavy atom. The minimum atomic E-state index is -0.113. The highest BCUT2D eigenvalue weighted by atomic mass is 16.3. The summed E-state index contributed by atoms with van der Waals surface area (Å²) in [5, 5.41) is 5.77. The Morgan fingerprint density at radius 2 is 2.00 bits per heavy atom. The van der Waals surface area contributed by atoms with E-state index in [9.17, 15) is 4.79 Å². The van der Waals surface area contributed by atoms with Gasteiger partial charge in [-0.25, -0.2) is 0 Å². The third-order valence-corrected chi connectivity index (χ3v) is 2.71. The number of likely N-dealkylation sites (N-methyl/N-ethyl adjacent to an activating group) is 1. The molecule has 0 fully saturated rings. The molecular weight excluding hydrogens is 228 g/mol. The van der Waals surface area contributed by atoms with E-state index in [4.69, 9.17) is 4.42 Å². The highest BCUT2D eigenvalue weighted by molar-refractivity contribution is 5.77. The number of rotatable bonds is 5. The summed E-state index contributed by atoms with van der Waals surface area (Å²) in [5.41, 5.74) is 1.07. The molecule has 1 heterocycles. The fraction of sp³-hybridized carbons (Fsp3) is 0.214. The lowest BCUT2D eigenvalue weighted by molar-refractivity contribution is -0.119. The van der Waals surface area contributed by atoms with Gasteiger partial charge in [0.15, 0.2) is 0 Å². The summed E-state index contributed by atoms with van der Waals surface area (Å²) in [7, 11) is 1.62. The number of hydrogen-bond donors (Lipinski definition) is 2. The van der Waals surface area contributed by atoms with E-state index in [0.29, 0.717) is 0 Å². The van der Waals surface area contributed by atoms with Crippen LogP contribution in [-0.2, 0) is 4.79 Å². The van der Waals surface area contributed by atoms with Crippen LogP contribution in [0.2, 0.25) is 0 Å². The van der Waals surface area contributed by atoms with Gasteiger partial charge in [-0.2, -0.15) is 0 Å². The van der Waals surface area contributed by atoms with E-state index in [2.05, 4.69) is 10.6 Å². The maximum absolute atomic E-state index is 11.3. The Hall–Kier alpha value is -2.07. The van der Waals surface area contributed by atoms with Crippen molar-refractivity contribution >= 4 is 5.91 Å².